The van der Waals surface area contributed by atoms with Crippen molar-refractivity contribution in [1.82, 2.24) is 20.1 Å². The Balaban J connectivity index is 1.15. The smallest absolute Gasteiger partial charge is 0.253 e. The number of H-pyrrole nitrogens is 1. The number of fused-ring (bicyclic) bond motifs is 2. The van der Waals surface area contributed by atoms with Crippen LogP contribution in [0.25, 0.3) is 10.9 Å². The van der Waals surface area contributed by atoms with Gasteiger partial charge in [0.2, 0.25) is 5.88 Å². The molecule has 0 saturated carbocycles. The molecule has 1 amide bonds. The van der Waals surface area contributed by atoms with Gasteiger partial charge in [-0.2, -0.15) is 5.10 Å². The van der Waals surface area contributed by atoms with Gasteiger partial charge in [0, 0.05) is 36.4 Å². The zero-order chi connectivity index (χ0) is 19.6. The second-order valence-electron chi connectivity index (χ2n) is 8.19. The Kier molecular flexibility index (Phi) is 4.92. The molecule has 0 atom stereocenters. The van der Waals surface area contributed by atoms with E-state index in [0.717, 1.165) is 60.9 Å². The Hall–Kier alpha value is -2.89. The predicted molar refractivity (Wildman–Crippen MR) is 111 cm³/mol. The number of carbonyl (C=O) groups excluding carboxylic acids is 1. The highest BCUT2D eigenvalue weighted by molar-refractivity contribution is 5.98. The van der Waals surface area contributed by atoms with Gasteiger partial charge >= 0.3 is 0 Å². The zero-order valence-corrected chi connectivity index (χ0v) is 16.6. The molecule has 6 nitrogen and oxygen atoms in total. The molecule has 3 heterocycles. The molecule has 1 aliphatic heterocycles. The number of nitrogens with one attached hydrogen (secondary N) is 1. The number of hydrogen-bond acceptors (Lipinski definition) is 4. The number of hydrogen-bond donors (Lipinski definition) is 1. The van der Waals surface area contributed by atoms with Gasteiger partial charge in [-0.1, -0.05) is 6.07 Å². The first-order valence-electron chi connectivity index (χ1n) is 10.6. The van der Waals surface area contributed by atoms with Crippen LogP contribution in [0.1, 0.15) is 47.3 Å². The highest BCUT2D eigenvalue weighted by atomic mass is 16.5. The first kappa shape index (κ1) is 18.2. The maximum absolute atomic E-state index is 12.9. The van der Waals surface area contributed by atoms with Gasteiger partial charge in [0.1, 0.15) is 0 Å². The molecule has 0 spiro atoms. The molecule has 150 valence electrons. The van der Waals surface area contributed by atoms with Crippen LogP contribution in [0.15, 0.2) is 36.5 Å². The van der Waals surface area contributed by atoms with Crippen LogP contribution in [-0.4, -0.2) is 45.7 Å². The number of aromatic amines is 1. The van der Waals surface area contributed by atoms with Crippen LogP contribution >= 0.6 is 0 Å². The van der Waals surface area contributed by atoms with Gasteiger partial charge in [-0.05, 0) is 73.6 Å². The van der Waals surface area contributed by atoms with Gasteiger partial charge in [0.05, 0.1) is 12.3 Å². The first-order chi connectivity index (χ1) is 14.3. The molecule has 1 fully saturated rings. The lowest BCUT2D eigenvalue weighted by Crippen LogP contribution is -2.39. The summed E-state index contributed by atoms with van der Waals surface area (Å²) in [5.74, 6) is 1.20. The fourth-order valence-corrected chi connectivity index (χ4v) is 4.41. The summed E-state index contributed by atoms with van der Waals surface area (Å²) < 4.78 is 5.95. The number of aryl methyl sites for hydroxylation is 2. The van der Waals surface area contributed by atoms with Crippen LogP contribution in [0.3, 0.4) is 0 Å². The van der Waals surface area contributed by atoms with Crippen LogP contribution in [0.2, 0.25) is 0 Å². The van der Waals surface area contributed by atoms with E-state index in [-0.39, 0.29) is 5.91 Å². The lowest BCUT2D eigenvalue weighted by molar-refractivity contribution is 0.0659. The van der Waals surface area contributed by atoms with Gasteiger partial charge in [-0.3, -0.25) is 4.79 Å². The van der Waals surface area contributed by atoms with E-state index in [9.17, 15) is 4.79 Å². The molecular formula is C23H26N4O2. The normalized spacial score (nSPS) is 17.3. The van der Waals surface area contributed by atoms with E-state index in [2.05, 4.69) is 21.2 Å². The van der Waals surface area contributed by atoms with Crippen LogP contribution in [0.5, 0.6) is 5.88 Å². The van der Waals surface area contributed by atoms with E-state index in [1.54, 1.807) is 0 Å². The van der Waals surface area contributed by atoms with Crippen LogP contribution in [0.4, 0.5) is 0 Å². The topological polar surface area (TPSA) is 71.1 Å². The average Bonchev–Trinajstić information content (AvgIpc) is 3.25. The molecule has 2 aliphatic rings. The Labute approximate surface area is 170 Å². The largest absolute Gasteiger partial charge is 0.476 e. The molecule has 1 saturated heterocycles. The quantitative estimate of drug-likeness (QED) is 0.736. The summed E-state index contributed by atoms with van der Waals surface area (Å²) in [5, 5.41) is 9.71. The molecule has 3 aromatic rings. The zero-order valence-electron chi connectivity index (χ0n) is 16.6. The molecule has 2 aromatic heterocycles. The van der Waals surface area contributed by atoms with Crippen molar-refractivity contribution in [2.75, 3.05) is 19.7 Å². The highest BCUT2D eigenvalue weighted by Gasteiger charge is 2.24. The van der Waals surface area contributed by atoms with Gasteiger partial charge < -0.3 is 14.6 Å². The molecule has 29 heavy (non-hydrogen) atoms. The lowest BCUT2D eigenvalue weighted by Gasteiger charge is -2.32. The standard InChI is InChI=1S/C23H26N4O2/c28-23(19-6-5-17-7-10-24-21(17)13-19)27-11-8-16(9-12-27)15-29-22-14-18-3-1-2-4-20(18)25-26-22/h5-7,10,13-14,16,24H,1-4,8-9,11-12,15H2. The first-order valence-corrected chi connectivity index (χ1v) is 10.6. The van der Waals surface area contributed by atoms with Gasteiger partial charge in [-0.25, -0.2) is 0 Å². The Morgan fingerprint density at radius 3 is 2.86 bits per heavy atom. The number of likely N-dealkylation sites (tertiary alicyclic amines) is 1. The third-order valence-electron chi connectivity index (χ3n) is 6.22. The monoisotopic (exact) mass is 390 g/mol. The van der Waals surface area contributed by atoms with Crippen molar-refractivity contribution in [2.45, 2.75) is 38.5 Å². The molecular weight excluding hydrogens is 364 g/mol. The van der Waals surface area contributed by atoms with Crippen molar-refractivity contribution in [3.05, 3.63) is 53.3 Å². The molecule has 0 bridgehead atoms. The van der Waals surface area contributed by atoms with Gasteiger partial charge in [0.25, 0.3) is 5.91 Å². The number of benzene rings is 1. The minimum Gasteiger partial charge on any atom is -0.476 e. The van der Waals surface area contributed by atoms with E-state index in [4.69, 9.17) is 4.74 Å². The SMILES string of the molecule is O=C(c1ccc2cc[nH]c2c1)N1CCC(COc2cc3c(nn2)CCCC3)CC1. The van der Waals surface area contributed by atoms with E-state index in [1.165, 1.54) is 18.4 Å². The van der Waals surface area contributed by atoms with Crippen molar-refractivity contribution in [3.63, 3.8) is 0 Å². The summed E-state index contributed by atoms with van der Waals surface area (Å²) >= 11 is 0. The molecule has 5 rings (SSSR count). The molecule has 1 aromatic carbocycles. The number of amides is 1. The molecule has 0 radical (unpaired) electrons. The molecule has 6 heteroatoms. The number of ether oxygens (including phenoxy) is 1. The summed E-state index contributed by atoms with van der Waals surface area (Å²) in [6.45, 7) is 2.18. The van der Waals surface area contributed by atoms with E-state index in [0.29, 0.717) is 18.4 Å². The lowest BCUT2D eigenvalue weighted by atomic mass is 9.96. The molecule has 1 N–H and O–H groups in total. The fourth-order valence-electron chi connectivity index (χ4n) is 4.41. The molecule has 0 unspecified atom stereocenters. The van der Waals surface area contributed by atoms with Crippen LogP contribution < -0.4 is 4.74 Å². The Bertz CT molecular complexity index is 1020. The van der Waals surface area contributed by atoms with E-state index < -0.39 is 0 Å². The van der Waals surface area contributed by atoms with Gasteiger partial charge in [0.15, 0.2) is 0 Å². The third-order valence-corrected chi connectivity index (χ3v) is 6.22. The maximum Gasteiger partial charge on any atom is 0.253 e. The second-order valence-corrected chi connectivity index (χ2v) is 8.19. The molecule has 1 aliphatic carbocycles. The second kappa shape index (κ2) is 7.85. The third kappa shape index (κ3) is 3.84. The summed E-state index contributed by atoms with van der Waals surface area (Å²) in [6.07, 6.45) is 8.35. The van der Waals surface area contributed by atoms with Crippen LogP contribution in [-0.2, 0) is 12.8 Å². The van der Waals surface area contributed by atoms with Crippen molar-refractivity contribution in [2.24, 2.45) is 5.92 Å². The fraction of sp³-hybridized carbons (Fsp3) is 0.435. The number of nitrogens with zero attached hydrogens (tertiary/aromatic N) is 3. The Morgan fingerprint density at radius 2 is 1.97 bits per heavy atom. The summed E-state index contributed by atoms with van der Waals surface area (Å²) in [4.78, 5) is 18.0. The average molecular weight is 390 g/mol. The van der Waals surface area contributed by atoms with Crippen molar-refractivity contribution in [1.29, 1.82) is 0 Å². The minimum absolute atomic E-state index is 0.112. The highest BCUT2D eigenvalue weighted by Crippen LogP contribution is 2.24. The Morgan fingerprint density at radius 1 is 1.10 bits per heavy atom. The maximum atomic E-state index is 12.9. The number of piperidine rings is 1. The van der Waals surface area contributed by atoms with Crippen molar-refractivity contribution in [3.8, 4) is 5.88 Å². The number of rotatable bonds is 4. The van der Waals surface area contributed by atoms with Crippen molar-refractivity contribution >= 4 is 16.8 Å². The number of aromatic nitrogens is 3. The summed E-state index contributed by atoms with van der Waals surface area (Å²) in [7, 11) is 0. The summed E-state index contributed by atoms with van der Waals surface area (Å²) in [6, 6.07) is 9.95. The van der Waals surface area contributed by atoms with Crippen molar-refractivity contribution < 1.29 is 9.53 Å². The van der Waals surface area contributed by atoms with E-state index >= 15 is 0 Å². The number of carbonyl (C=O) groups is 1. The van der Waals surface area contributed by atoms with Crippen LogP contribution in [0, 0.1) is 5.92 Å². The predicted octanol–water partition coefficient (Wildman–Crippen LogP) is 3.77. The summed E-state index contributed by atoms with van der Waals surface area (Å²) in [5.41, 5.74) is 4.18. The van der Waals surface area contributed by atoms with E-state index in [1.807, 2.05) is 35.4 Å². The minimum atomic E-state index is 0.112. The van der Waals surface area contributed by atoms with Gasteiger partial charge in [-0.15, -0.1) is 5.10 Å².